The number of nitrogens with zero attached hydrogens (tertiary/aromatic N) is 4. The number of aromatic nitrogens is 3. The van der Waals surface area contributed by atoms with E-state index in [4.69, 9.17) is 0 Å². The molecule has 1 aliphatic rings. The maximum atomic E-state index is 13.3. The Hall–Kier alpha value is -3.45. The van der Waals surface area contributed by atoms with Crippen LogP contribution in [0, 0.1) is 5.82 Å². The first-order chi connectivity index (χ1) is 14.6. The first kappa shape index (κ1) is 18.6. The van der Waals surface area contributed by atoms with Crippen molar-refractivity contribution in [1.82, 2.24) is 19.1 Å². The van der Waals surface area contributed by atoms with Crippen LogP contribution in [-0.4, -0.2) is 49.3 Å². The zero-order chi connectivity index (χ0) is 20.7. The number of pyridine rings is 1. The molecule has 1 aromatic carbocycles. The van der Waals surface area contributed by atoms with Gasteiger partial charge in [-0.15, -0.1) is 0 Å². The van der Waals surface area contributed by atoms with Crippen molar-refractivity contribution >= 4 is 11.4 Å². The maximum Gasteiger partial charge on any atom is 0.272 e. The van der Waals surface area contributed by atoms with E-state index < -0.39 is 6.10 Å². The Bertz CT molecular complexity index is 1210. The molecule has 0 aliphatic carbocycles. The average Bonchev–Trinajstić information content (AvgIpc) is 3.40. The number of hydrogen-bond acceptors (Lipinski definition) is 3. The Kier molecular flexibility index (Phi) is 4.59. The Balaban J connectivity index is 1.54. The van der Waals surface area contributed by atoms with Crippen LogP contribution >= 0.6 is 0 Å². The molecule has 4 aromatic rings. The van der Waals surface area contributed by atoms with Crippen LogP contribution in [0.15, 0.2) is 67.0 Å². The van der Waals surface area contributed by atoms with Crippen molar-refractivity contribution in [3.8, 4) is 16.9 Å². The molecule has 3 aromatic heterocycles. The third-order valence-electron chi connectivity index (χ3n) is 5.57. The Morgan fingerprint density at radius 1 is 1.03 bits per heavy atom. The van der Waals surface area contributed by atoms with Crippen molar-refractivity contribution in [2.45, 2.75) is 18.9 Å². The number of rotatable bonds is 3. The zero-order valence-electron chi connectivity index (χ0n) is 16.3. The van der Waals surface area contributed by atoms with Gasteiger partial charge in [0.1, 0.15) is 17.3 Å². The van der Waals surface area contributed by atoms with Crippen LogP contribution in [0.3, 0.4) is 0 Å². The number of aliphatic hydroxyl groups excluding tert-OH is 1. The van der Waals surface area contributed by atoms with E-state index in [1.54, 1.807) is 34.0 Å². The van der Waals surface area contributed by atoms with Crippen LogP contribution in [0.1, 0.15) is 23.3 Å². The van der Waals surface area contributed by atoms with Gasteiger partial charge in [0.2, 0.25) is 0 Å². The summed E-state index contributed by atoms with van der Waals surface area (Å²) in [6, 6.07) is 15.9. The van der Waals surface area contributed by atoms with Crippen molar-refractivity contribution in [1.29, 1.82) is 0 Å². The second kappa shape index (κ2) is 7.42. The third kappa shape index (κ3) is 3.27. The lowest BCUT2D eigenvalue weighted by Crippen LogP contribution is -2.42. The predicted octanol–water partition coefficient (Wildman–Crippen LogP) is 3.53. The molecule has 0 radical (unpaired) electrons. The number of fused-ring (bicyclic) bond motifs is 1. The summed E-state index contributed by atoms with van der Waals surface area (Å²) < 4.78 is 16.9. The molecule has 0 spiro atoms. The summed E-state index contributed by atoms with van der Waals surface area (Å²) in [5.41, 5.74) is 3.24. The number of halogens is 1. The molecular weight excluding hydrogens is 383 g/mol. The Labute approximate surface area is 172 Å². The van der Waals surface area contributed by atoms with E-state index in [9.17, 15) is 14.3 Å². The highest BCUT2D eigenvalue weighted by molar-refractivity contribution is 5.93. The van der Waals surface area contributed by atoms with Gasteiger partial charge in [-0.3, -0.25) is 4.79 Å². The second-order valence-corrected chi connectivity index (χ2v) is 7.59. The van der Waals surface area contributed by atoms with Gasteiger partial charge in [0.05, 0.1) is 12.3 Å². The molecule has 5 rings (SSSR count). The van der Waals surface area contributed by atoms with Gasteiger partial charge in [-0.05, 0) is 60.4 Å². The van der Waals surface area contributed by atoms with Crippen LogP contribution in [0.25, 0.3) is 22.5 Å². The molecule has 1 amide bonds. The fourth-order valence-electron chi connectivity index (χ4n) is 4.02. The van der Waals surface area contributed by atoms with Crippen LogP contribution in [0.4, 0.5) is 4.39 Å². The number of carbonyl (C=O) groups excluding carboxylic acids is 1. The van der Waals surface area contributed by atoms with Crippen molar-refractivity contribution in [3.63, 3.8) is 0 Å². The van der Waals surface area contributed by atoms with Gasteiger partial charge in [0, 0.05) is 24.8 Å². The SMILES string of the molecule is O=C(c1ccnn1-c1ccc2ccc(-c3ccc(F)cc3)cn12)N1CCC[C@@H](O)C1. The highest BCUT2D eigenvalue weighted by Crippen LogP contribution is 2.24. The molecular formula is C23H21FN4O2. The van der Waals surface area contributed by atoms with Gasteiger partial charge in [-0.2, -0.15) is 5.10 Å². The third-order valence-corrected chi connectivity index (χ3v) is 5.57. The number of hydrogen-bond donors (Lipinski definition) is 1. The molecule has 1 aliphatic heterocycles. The second-order valence-electron chi connectivity index (χ2n) is 7.59. The summed E-state index contributed by atoms with van der Waals surface area (Å²) in [5.74, 6) is 0.319. The molecule has 0 unspecified atom stereocenters. The van der Waals surface area contributed by atoms with E-state index in [2.05, 4.69) is 5.10 Å². The fourth-order valence-corrected chi connectivity index (χ4v) is 4.02. The molecule has 1 N–H and O–H groups in total. The van der Waals surface area contributed by atoms with Gasteiger partial charge in [-0.1, -0.05) is 18.2 Å². The Morgan fingerprint density at radius 3 is 2.60 bits per heavy atom. The lowest BCUT2D eigenvalue weighted by atomic mass is 10.1. The summed E-state index contributed by atoms with van der Waals surface area (Å²) >= 11 is 0. The highest BCUT2D eigenvalue weighted by atomic mass is 19.1. The summed E-state index contributed by atoms with van der Waals surface area (Å²) in [7, 11) is 0. The molecule has 1 saturated heterocycles. The van der Waals surface area contributed by atoms with Gasteiger partial charge in [-0.25, -0.2) is 9.07 Å². The molecule has 7 heteroatoms. The molecule has 0 saturated carbocycles. The minimum atomic E-state index is -0.480. The van der Waals surface area contributed by atoms with E-state index in [0.29, 0.717) is 18.8 Å². The van der Waals surface area contributed by atoms with Crippen molar-refractivity contribution in [2.75, 3.05) is 13.1 Å². The number of aliphatic hydroxyl groups is 1. The lowest BCUT2D eigenvalue weighted by Gasteiger charge is -2.30. The molecule has 1 fully saturated rings. The molecule has 30 heavy (non-hydrogen) atoms. The highest BCUT2D eigenvalue weighted by Gasteiger charge is 2.26. The number of likely N-dealkylation sites (tertiary alicyclic amines) is 1. The summed E-state index contributed by atoms with van der Waals surface area (Å²) in [4.78, 5) is 14.8. The number of carbonyl (C=O) groups is 1. The standard InChI is InChI=1S/C23H21FN4O2/c24-18-6-3-16(4-7-18)17-5-8-19-9-10-22(27(19)14-17)28-21(11-12-25-28)23(30)26-13-1-2-20(29)15-26/h3-12,14,20,29H,1-2,13,15H2/t20-/m1/s1. The average molecular weight is 404 g/mol. The first-order valence-corrected chi connectivity index (χ1v) is 9.99. The van der Waals surface area contributed by atoms with Crippen LogP contribution in [0.5, 0.6) is 0 Å². The first-order valence-electron chi connectivity index (χ1n) is 9.99. The number of amides is 1. The van der Waals surface area contributed by atoms with Crippen LogP contribution in [-0.2, 0) is 0 Å². The zero-order valence-corrected chi connectivity index (χ0v) is 16.3. The molecule has 152 valence electrons. The predicted molar refractivity (Wildman–Crippen MR) is 111 cm³/mol. The smallest absolute Gasteiger partial charge is 0.272 e. The Morgan fingerprint density at radius 2 is 1.80 bits per heavy atom. The van der Waals surface area contributed by atoms with Gasteiger partial charge >= 0.3 is 0 Å². The molecule has 4 heterocycles. The minimum Gasteiger partial charge on any atom is -0.391 e. The molecule has 1 atom stereocenters. The van der Waals surface area contributed by atoms with E-state index >= 15 is 0 Å². The monoisotopic (exact) mass is 404 g/mol. The van der Waals surface area contributed by atoms with Crippen molar-refractivity contribution < 1.29 is 14.3 Å². The normalized spacial score (nSPS) is 16.9. The van der Waals surface area contributed by atoms with E-state index in [0.717, 1.165) is 35.3 Å². The largest absolute Gasteiger partial charge is 0.391 e. The van der Waals surface area contributed by atoms with Gasteiger partial charge < -0.3 is 14.4 Å². The molecule has 0 bridgehead atoms. The summed E-state index contributed by atoms with van der Waals surface area (Å²) in [5, 5.41) is 14.3. The lowest BCUT2D eigenvalue weighted by molar-refractivity contribution is 0.0466. The fraction of sp³-hybridized carbons (Fsp3) is 0.217. The summed E-state index contributed by atoms with van der Waals surface area (Å²) in [6.07, 6.45) is 4.59. The van der Waals surface area contributed by atoms with Gasteiger partial charge in [0.15, 0.2) is 0 Å². The molecule has 6 nitrogen and oxygen atoms in total. The van der Waals surface area contributed by atoms with Crippen molar-refractivity contribution in [2.24, 2.45) is 0 Å². The number of piperidine rings is 1. The number of benzene rings is 1. The van der Waals surface area contributed by atoms with E-state index in [1.807, 2.05) is 34.9 Å². The van der Waals surface area contributed by atoms with Crippen molar-refractivity contribution in [3.05, 3.63) is 78.5 Å². The van der Waals surface area contributed by atoms with Crippen LogP contribution in [0.2, 0.25) is 0 Å². The van der Waals surface area contributed by atoms with E-state index in [-0.39, 0.29) is 11.7 Å². The van der Waals surface area contributed by atoms with Crippen LogP contribution < -0.4 is 0 Å². The quantitative estimate of drug-likeness (QED) is 0.568. The maximum absolute atomic E-state index is 13.3. The number of β-amino-alcohol motifs (C(OH)–C–C–N with tert-alkyl or cyclic N) is 1. The van der Waals surface area contributed by atoms with E-state index in [1.165, 1.54) is 12.1 Å². The minimum absolute atomic E-state index is 0.143. The topological polar surface area (TPSA) is 62.8 Å². The summed E-state index contributed by atoms with van der Waals surface area (Å²) in [6.45, 7) is 0.971. The van der Waals surface area contributed by atoms with Gasteiger partial charge in [0.25, 0.3) is 5.91 Å².